The number of halogens is 1. The van der Waals surface area contributed by atoms with Crippen molar-refractivity contribution in [2.45, 2.75) is 25.3 Å². The van der Waals surface area contributed by atoms with Crippen LogP contribution < -0.4 is 0 Å². The Morgan fingerprint density at radius 3 is 2.80 bits per heavy atom. The Morgan fingerprint density at radius 1 is 1.07 bits per heavy atom. The smallest absolute Gasteiger partial charge is 0.237 e. The number of benzene rings is 1. The summed E-state index contributed by atoms with van der Waals surface area (Å²) in [5.74, 6) is 0.988. The fourth-order valence-corrected chi connectivity index (χ4v) is 4.15. The van der Waals surface area contributed by atoms with E-state index in [0.29, 0.717) is 30.2 Å². The van der Waals surface area contributed by atoms with Gasteiger partial charge in [0.1, 0.15) is 23.5 Å². The van der Waals surface area contributed by atoms with Gasteiger partial charge in [0.05, 0.1) is 17.2 Å². The maximum atomic E-state index is 13.8. The van der Waals surface area contributed by atoms with Crippen molar-refractivity contribution in [1.82, 2.24) is 29.1 Å². The number of hydrogen-bond donors (Lipinski definition) is 0. The van der Waals surface area contributed by atoms with Gasteiger partial charge in [0, 0.05) is 49.7 Å². The molecular weight excluding hydrogens is 385 g/mol. The van der Waals surface area contributed by atoms with E-state index in [0.717, 1.165) is 41.8 Å². The molecule has 0 amide bonds. The van der Waals surface area contributed by atoms with Crippen LogP contribution >= 0.6 is 0 Å². The van der Waals surface area contributed by atoms with Gasteiger partial charge in [0.15, 0.2) is 5.65 Å². The number of ether oxygens (including phenoxy) is 1. The van der Waals surface area contributed by atoms with Crippen molar-refractivity contribution in [3.63, 3.8) is 0 Å². The van der Waals surface area contributed by atoms with Gasteiger partial charge < -0.3 is 9.30 Å². The van der Waals surface area contributed by atoms with Crippen molar-refractivity contribution in [1.29, 1.82) is 0 Å². The molecule has 0 radical (unpaired) electrons. The molecule has 2 aliphatic rings. The van der Waals surface area contributed by atoms with E-state index in [9.17, 15) is 4.39 Å². The quantitative estimate of drug-likeness (QED) is 0.523. The van der Waals surface area contributed by atoms with Gasteiger partial charge in [-0.1, -0.05) is 0 Å². The summed E-state index contributed by atoms with van der Waals surface area (Å²) in [6.07, 6.45) is 9.62. The second-order valence-corrected chi connectivity index (χ2v) is 7.47. The summed E-state index contributed by atoms with van der Waals surface area (Å²) in [6, 6.07) is 4.72. The fraction of sp³-hybridized carbons (Fsp3) is 0.286. The molecule has 150 valence electrons. The van der Waals surface area contributed by atoms with Crippen molar-refractivity contribution < 1.29 is 9.13 Å². The van der Waals surface area contributed by atoms with E-state index in [1.807, 2.05) is 12.4 Å². The maximum absolute atomic E-state index is 13.8. The Bertz CT molecular complexity index is 1330. The topological polar surface area (TPSA) is 83.0 Å². The minimum Gasteiger partial charge on any atom is -0.381 e. The lowest BCUT2D eigenvalue weighted by Gasteiger charge is -2.25. The minimum absolute atomic E-state index is 0.236. The molecule has 8 nitrogen and oxygen atoms in total. The molecule has 0 unspecified atom stereocenters. The zero-order valence-electron chi connectivity index (χ0n) is 16.1. The first-order valence-electron chi connectivity index (χ1n) is 9.95. The second kappa shape index (κ2) is 6.81. The van der Waals surface area contributed by atoms with Crippen molar-refractivity contribution in [3.05, 3.63) is 48.6 Å². The van der Waals surface area contributed by atoms with E-state index in [4.69, 9.17) is 14.7 Å². The third kappa shape index (κ3) is 2.73. The summed E-state index contributed by atoms with van der Waals surface area (Å²) in [7, 11) is 0. The largest absolute Gasteiger partial charge is 0.381 e. The van der Waals surface area contributed by atoms with Crippen LogP contribution in [0.3, 0.4) is 0 Å². The van der Waals surface area contributed by atoms with Gasteiger partial charge >= 0.3 is 0 Å². The predicted octanol–water partition coefficient (Wildman–Crippen LogP) is 3.47. The van der Waals surface area contributed by atoms with E-state index in [-0.39, 0.29) is 11.9 Å². The summed E-state index contributed by atoms with van der Waals surface area (Å²) in [5, 5.41) is 0. The Kier molecular flexibility index (Phi) is 3.95. The lowest BCUT2D eigenvalue weighted by Crippen LogP contribution is -2.21. The van der Waals surface area contributed by atoms with Gasteiger partial charge in [0.2, 0.25) is 5.95 Å². The van der Waals surface area contributed by atoms with Crippen LogP contribution in [-0.4, -0.2) is 48.5 Å². The molecule has 6 rings (SSSR count). The van der Waals surface area contributed by atoms with Crippen LogP contribution in [0.25, 0.3) is 33.7 Å². The fourth-order valence-electron chi connectivity index (χ4n) is 4.15. The Hall–Kier alpha value is -3.46. The average Bonchev–Trinajstić information content (AvgIpc) is 3.51. The molecule has 0 saturated carbocycles. The number of nitrogens with zero attached hydrogens (tertiary/aromatic N) is 7. The van der Waals surface area contributed by atoms with E-state index in [1.165, 1.54) is 12.1 Å². The maximum Gasteiger partial charge on any atom is 0.237 e. The first-order valence-corrected chi connectivity index (χ1v) is 9.95. The van der Waals surface area contributed by atoms with Crippen LogP contribution in [0, 0.1) is 5.82 Å². The zero-order valence-corrected chi connectivity index (χ0v) is 16.1. The van der Waals surface area contributed by atoms with Crippen LogP contribution in [-0.2, 0) is 4.74 Å². The Balaban J connectivity index is 1.55. The highest BCUT2D eigenvalue weighted by atomic mass is 19.1. The van der Waals surface area contributed by atoms with E-state index in [2.05, 4.69) is 19.5 Å². The van der Waals surface area contributed by atoms with Crippen LogP contribution in [0.5, 0.6) is 0 Å². The number of hydrogen-bond acceptors (Lipinski definition) is 6. The molecule has 9 heteroatoms. The van der Waals surface area contributed by atoms with E-state index in [1.54, 1.807) is 23.2 Å². The number of rotatable bonds is 3. The Morgan fingerprint density at radius 2 is 1.97 bits per heavy atom. The molecule has 4 aromatic rings. The molecule has 0 aliphatic carbocycles. The zero-order chi connectivity index (χ0) is 20.1. The molecule has 0 N–H and O–H groups in total. The molecule has 1 saturated heterocycles. The van der Waals surface area contributed by atoms with Crippen molar-refractivity contribution in [2.75, 3.05) is 13.2 Å². The van der Waals surface area contributed by atoms with Crippen LogP contribution in [0.4, 0.5) is 4.39 Å². The number of aliphatic imine (C=N–C) groups is 1. The molecule has 30 heavy (non-hydrogen) atoms. The molecule has 3 aromatic heterocycles. The number of allylic oxidation sites excluding steroid dienone is 1. The van der Waals surface area contributed by atoms with Crippen LogP contribution in [0.1, 0.15) is 31.1 Å². The predicted molar refractivity (Wildman–Crippen MR) is 110 cm³/mol. The Labute approximate surface area is 170 Å². The van der Waals surface area contributed by atoms with Crippen molar-refractivity contribution in [2.24, 2.45) is 4.99 Å². The summed E-state index contributed by atoms with van der Waals surface area (Å²) in [5.41, 5.74) is 3.86. The number of aromatic nitrogens is 6. The van der Waals surface area contributed by atoms with Gasteiger partial charge in [-0.3, -0.25) is 9.56 Å². The van der Waals surface area contributed by atoms with Gasteiger partial charge in [-0.15, -0.1) is 0 Å². The first kappa shape index (κ1) is 17.4. The van der Waals surface area contributed by atoms with Gasteiger partial charge in [-0.2, -0.15) is 4.98 Å². The molecule has 0 atom stereocenters. The van der Waals surface area contributed by atoms with Crippen LogP contribution in [0.2, 0.25) is 0 Å². The first-order chi connectivity index (χ1) is 14.8. The standard InChI is InChI=1S/C21H18FN7O/c22-14-1-2-16-18(9-14)28(12-25-16)21-24-11-17-20(27-21)29(15-4-7-30-8-5-15)19(26-17)13-3-6-23-10-13/h1-2,6,9-12,15H,3-5,7-8H2. The minimum atomic E-state index is -0.326. The summed E-state index contributed by atoms with van der Waals surface area (Å²) in [4.78, 5) is 22.8. The second-order valence-electron chi connectivity index (χ2n) is 7.47. The molecule has 1 fully saturated rings. The van der Waals surface area contributed by atoms with E-state index < -0.39 is 0 Å². The highest BCUT2D eigenvalue weighted by Gasteiger charge is 2.25. The van der Waals surface area contributed by atoms with Gasteiger partial charge in [-0.25, -0.2) is 19.3 Å². The molecule has 1 aromatic carbocycles. The van der Waals surface area contributed by atoms with E-state index >= 15 is 0 Å². The monoisotopic (exact) mass is 403 g/mol. The van der Waals surface area contributed by atoms with Crippen molar-refractivity contribution in [3.8, 4) is 5.95 Å². The molecular formula is C21H18FN7O. The normalized spacial score (nSPS) is 17.3. The highest BCUT2D eigenvalue weighted by molar-refractivity contribution is 5.85. The lowest BCUT2D eigenvalue weighted by atomic mass is 10.1. The molecule has 0 bridgehead atoms. The number of fused-ring (bicyclic) bond motifs is 2. The highest BCUT2D eigenvalue weighted by Crippen LogP contribution is 2.32. The van der Waals surface area contributed by atoms with Gasteiger partial charge in [-0.05, 0) is 25.0 Å². The van der Waals surface area contributed by atoms with Gasteiger partial charge in [0.25, 0.3) is 0 Å². The van der Waals surface area contributed by atoms with Crippen molar-refractivity contribution >= 4 is 34.0 Å². The average molecular weight is 403 g/mol. The lowest BCUT2D eigenvalue weighted by molar-refractivity contribution is 0.0702. The summed E-state index contributed by atoms with van der Waals surface area (Å²) >= 11 is 0. The van der Waals surface area contributed by atoms with Crippen LogP contribution in [0.15, 0.2) is 41.9 Å². The summed E-state index contributed by atoms with van der Waals surface area (Å²) in [6.45, 7) is 1.42. The third-order valence-electron chi connectivity index (χ3n) is 5.63. The molecule has 5 heterocycles. The summed E-state index contributed by atoms with van der Waals surface area (Å²) < 4.78 is 23.3. The third-order valence-corrected chi connectivity index (χ3v) is 5.63. The molecule has 2 aliphatic heterocycles. The number of imidazole rings is 2. The molecule has 0 spiro atoms. The SMILES string of the molecule is Fc1ccc2ncn(-c3ncc4nc(C5=CN=CC5)n(C5CCOCC5)c4n3)c2c1.